The first kappa shape index (κ1) is 15.3. The molecule has 1 rings (SSSR count). The molecule has 0 heterocycles. The van der Waals surface area contributed by atoms with E-state index in [0.29, 0.717) is 6.42 Å². The number of carbonyl (C=O) groups excluding carboxylic acids is 1. The molecular weight excluding hydrogens is 238 g/mol. The number of carbonyl (C=O) groups is 1. The van der Waals surface area contributed by atoms with E-state index in [-0.39, 0.29) is 17.9 Å². The van der Waals surface area contributed by atoms with Crippen molar-refractivity contribution in [3.8, 4) is 11.8 Å². The molecule has 19 heavy (non-hydrogen) atoms. The number of nitrogens with one attached hydrogen (secondary N) is 1. The van der Waals surface area contributed by atoms with E-state index in [0.717, 1.165) is 16.8 Å². The van der Waals surface area contributed by atoms with Crippen molar-refractivity contribution in [2.24, 2.45) is 5.41 Å². The molecule has 102 valence electrons. The van der Waals surface area contributed by atoms with Crippen molar-refractivity contribution in [3.63, 3.8) is 0 Å². The Kier molecular flexibility index (Phi) is 5.14. The van der Waals surface area contributed by atoms with Crippen LogP contribution in [0.3, 0.4) is 0 Å². The first-order chi connectivity index (χ1) is 8.81. The first-order valence-electron chi connectivity index (χ1n) is 6.32. The summed E-state index contributed by atoms with van der Waals surface area (Å²) in [5.41, 5.74) is 2.58. The van der Waals surface area contributed by atoms with Crippen LogP contribution in [0.2, 0.25) is 0 Å². The zero-order chi connectivity index (χ0) is 14.5. The average molecular weight is 259 g/mol. The maximum Gasteiger partial charge on any atom is 0.224 e. The number of amides is 1. The predicted molar refractivity (Wildman–Crippen MR) is 77.8 cm³/mol. The lowest BCUT2D eigenvalue weighted by atomic mass is 9.92. The molecule has 1 amide bonds. The highest BCUT2D eigenvalue weighted by molar-refractivity contribution is 5.91. The van der Waals surface area contributed by atoms with E-state index in [1.807, 2.05) is 45.9 Å². The topological polar surface area (TPSA) is 49.3 Å². The molecule has 0 fully saturated rings. The SMILES string of the molecule is Cc1cc(C#CCO)ccc1NC(=O)CC(C)(C)C. The van der Waals surface area contributed by atoms with Gasteiger partial charge in [0.25, 0.3) is 0 Å². The van der Waals surface area contributed by atoms with Crippen LogP contribution in [0.25, 0.3) is 0 Å². The van der Waals surface area contributed by atoms with E-state index < -0.39 is 0 Å². The van der Waals surface area contributed by atoms with E-state index in [9.17, 15) is 4.79 Å². The Bertz CT molecular complexity index is 516. The van der Waals surface area contributed by atoms with E-state index in [1.54, 1.807) is 0 Å². The number of hydrogen-bond acceptors (Lipinski definition) is 2. The van der Waals surface area contributed by atoms with Crippen LogP contribution in [0.5, 0.6) is 0 Å². The van der Waals surface area contributed by atoms with Gasteiger partial charge in [-0.1, -0.05) is 32.6 Å². The van der Waals surface area contributed by atoms with Gasteiger partial charge in [0.15, 0.2) is 0 Å². The number of benzene rings is 1. The Morgan fingerprint density at radius 1 is 1.37 bits per heavy atom. The predicted octanol–water partition coefficient (Wildman–Crippen LogP) is 2.71. The number of aliphatic hydroxyl groups excluding tert-OH is 1. The average Bonchev–Trinajstić information content (AvgIpc) is 2.27. The largest absolute Gasteiger partial charge is 0.384 e. The molecule has 0 atom stereocenters. The Morgan fingerprint density at radius 3 is 2.58 bits per heavy atom. The highest BCUT2D eigenvalue weighted by Crippen LogP contribution is 2.21. The number of rotatable bonds is 2. The minimum Gasteiger partial charge on any atom is -0.384 e. The fraction of sp³-hybridized carbons (Fsp3) is 0.438. The van der Waals surface area contributed by atoms with Crippen molar-refractivity contribution < 1.29 is 9.90 Å². The van der Waals surface area contributed by atoms with Gasteiger partial charge in [-0.05, 0) is 36.1 Å². The van der Waals surface area contributed by atoms with Crippen molar-refractivity contribution in [1.29, 1.82) is 0 Å². The lowest BCUT2D eigenvalue weighted by Gasteiger charge is -2.18. The van der Waals surface area contributed by atoms with E-state index in [4.69, 9.17) is 5.11 Å². The molecule has 0 saturated carbocycles. The van der Waals surface area contributed by atoms with Crippen LogP contribution in [0.15, 0.2) is 18.2 Å². The van der Waals surface area contributed by atoms with Gasteiger partial charge in [-0.3, -0.25) is 4.79 Å². The molecule has 0 bridgehead atoms. The fourth-order valence-corrected chi connectivity index (χ4v) is 1.70. The molecule has 0 aliphatic heterocycles. The van der Waals surface area contributed by atoms with Crippen LogP contribution >= 0.6 is 0 Å². The summed E-state index contributed by atoms with van der Waals surface area (Å²) in [5.74, 6) is 5.46. The molecule has 1 aromatic rings. The summed E-state index contributed by atoms with van der Waals surface area (Å²) < 4.78 is 0. The smallest absolute Gasteiger partial charge is 0.224 e. The van der Waals surface area contributed by atoms with E-state index in [1.165, 1.54) is 0 Å². The molecule has 1 aromatic carbocycles. The van der Waals surface area contributed by atoms with Crippen molar-refractivity contribution >= 4 is 11.6 Å². The molecule has 0 spiro atoms. The third kappa shape index (κ3) is 5.58. The van der Waals surface area contributed by atoms with Gasteiger partial charge in [0.05, 0.1) is 0 Å². The third-order valence-corrected chi connectivity index (χ3v) is 2.50. The van der Waals surface area contributed by atoms with E-state index >= 15 is 0 Å². The molecule has 0 aliphatic rings. The maximum atomic E-state index is 11.9. The van der Waals surface area contributed by atoms with Gasteiger partial charge in [0.2, 0.25) is 5.91 Å². The fourth-order valence-electron chi connectivity index (χ4n) is 1.70. The summed E-state index contributed by atoms with van der Waals surface area (Å²) in [4.78, 5) is 11.9. The zero-order valence-corrected chi connectivity index (χ0v) is 12.0. The van der Waals surface area contributed by atoms with Gasteiger partial charge in [-0.25, -0.2) is 0 Å². The number of anilines is 1. The van der Waals surface area contributed by atoms with Crippen LogP contribution in [0, 0.1) is 24.2 Å². The van der Waals surface area contributed by atoms with Gasteiger partial charge < -0.3 is 10.4 Å². The summed E-state index contributed by atoms with van der Waals surface area (Å²) in [5, 5.41) is 11.6. The molecule has 0 aromatic heterocycles. The number of hydrogen-bond donors (Lipinski definition) is 2. The first-order valence-corrected chi connectivity index (χ1v) is 6.32. The Balaban J connectivity index is 2.78. The van der Waals surface area contributed by atoms with Gasteiger partial charge in [0.1, 0.15) is 6.61 Å². The second-order valence-corrected chi connectivity index (χ2v) is 5.78. The molecule has 3 nitrogen and oxygen atoms in total. The van der Waals surface area contributed by atoms with Crippen LogP contribution in [0.1, 0.15) is 38.3 Å². The molecule has 2 N–H and O–H groups in total. The lowest BCUT2D eigenvalue weighted by Crippen LogP contribution is -2.20. The molecular formula is C16H21NO2. The maximum absolute atomic E-state index is 11.9. The van der Waals surface area contributed by atoms with Gasteiger partial charge >= 0.3 is 0 Å². The Hall–Kier alpha value is -1.79. The quantitative estimate of drug-likeness (QED) is 0.802. The number of aryl methyl sites for hydroxylation is 1. The third-order valence-electron chi connectivity index (χ3n) is 2.50. The van der Waals surface area contributed by atoms with Gasteiger partial charge in [-0.15, -0.1) is 0 Å². The van der Waals surface area contributed by atoms with Gasteiger partial charge in [0, 0.05) is 17.7 Å². The van der Waals surface area contributed by atoms with Crippen LogP contribution < -0.4 is 5.32 Å². The van der Waals surface area contributed by atoms with Crippen LogP contribution in [-0.2, 0) is 4.79 Å². The van der Waals surface area contributed by atoms with Crippen molar-refractivity contribution in [1.82, 2.24) is 0 Å². The Labute approximate surface area is 115 Å². The highest BCUT2D eigenvalue weighted by Gasteiger charge is 2.16. The minimum atomic E-state index is -0.150. The lowest BCUT2D eigenvalue weighted by molar-refractivity contribution is -0.117. The highest BCUT2D eigenvalue weighted by atomic mass is 16.2. The van der Waals surface area contributed by atoms with Crippen LogP contribution in [0.4, 0.5) is 5.69 Å². The number of aliphatic hydroxyl groups is 1. The zero-order valence-electron chi connectivity index (χ0n) is 12.0. The molecule has 0 saturated heterocycles. The summed E-state index contributed by atoms with van der Waals surface area (Å²) in [6, 6.07) is 5.58. The normalized spacial score (nSPS) is 10.6. The summed E-state index contributed by atoms with van der Waals surface area (Å²) in [6.07, 6.45) is 0.485. The second kappa shape index (κ2) is 6.40. The molecule has 0 unspecified atom stereocenters. The summed E-state index contributed by atoms with van der Waals surface area (Å²) in [6.45, 7) is 7.88. The molecule has 3 heteroatoms. The van der Waals surface area contributed by atoms with Gasteiger partial charge in [-0.2, -0.15) is 0 Å². The van der Waals surface area contributed by atoms with E-state index in [2.05, 4.69) is 17.2 Å². The van der Waals surface area contributed by atoms with Crippen molar-refractivity contribution in [3.05, 3.63) is 29.3 Å². The Morgan fingerprint density at radius 2 is 2.05 bits per heavy atom. The monoisotopic (exact) mass is 259 g/mol. The minimum absolute atomic E-state index is 0.0183. The molecule has 0 radical (unpaired) electrons. The second-order valence-electron chi connectivity index (χ2n) is 5.78. The summed E-state index contributed by atoms with van der Waals surface area (Å²) in [7, 11) is 0. The van der Waals surface area contributed by atoms with Crippen molar-refractivity contribution in [2.75, 3.05) is 11.9 Å². The van der Waals surface area contributed by atoms with Crippen LogP contribution in [-0.4, -0.2) is 17.6 Å². The standard InChI is InChI=1S/C16H21NO2/c1-12-10-13(6-5-9-18)7-8-14(12)17-15(19)11-16(2,3)4/h7-8,10,18H,9,11H2,1-4H3,(H,17,19). The van der Waals surface area contributed by atoms with Crippen molar-refractivity contribution in [2.45, 2.75) is 34.1 Å². The summed E-state index contributed by atoms with van der Waals surface area (Å²) >= 11 is 0. The molecule has 0 aliphatic carbocycles.